The van der Waals surface area contributed by atoms with Crippen LogP contribution < -0.4 is 26.0 Å². The number of nitrogens with zero attached hydrogens (tertiary/aromatic N) is 7. The normalized spacial score (nSPS) is 22.1. The van der Waals surface area contributed by atoms with Gasteiger partial charge in [-0.2, -0.15) is 18.3 Å². The van der Waals surface area contributed by atoms with Crippen molar-refractivity contribution < 1.29 is 32.3 Å². The van der Waals surface area contributed by atoms with Crippen molar-refractivity contribution in [3.63, 3.8) is 0 Å². The number of pyridine rings is 1. The predicted octanol–water partition coefficient (Wildman–Crippen LogP) is 5.69. The number of piperidine rings is 1. The van der Waals surface area contributed by atoms with E-state index in [9.17, 15) is 32.3 Å². The van der Waals surface area contributed by atoms with Crippen LogP contribution in [0.1, 0.15) is 85.7 Å². The zero-order valence-electron chi connectivity index (χ0n) is 32.0. The molecular formula is C41H44F3N9O5. The number of para-hydroxylation sites is 1. The second-order valence-corrected chi connectivity index (χ2v) is 15.9. The molecule has 3 aromatic heterocycles. The lowest BCUT2D eigenvalue weighted by Gasteiger charge is -2.39. The largest absolute Gasteiger partial charge is 0.494 e. The fourth-order valence-electron chi connectivity index (χ4n) is 8.99. The molecule has 0 spiro atoms. The van der Waals surface area contributed by atoms with Gasteiger partial charge in [-0.15, -0.1) is 0 Å². The third kappa shape index (κ3) is 7.20. The summed E-state index contributed by atoms with van der Waals surface area (Å²) in [4.78, 5) is 59.9. The number of piperazine rings is 1. The van der Waals surface area contributed by atoms with Gasteiger partial charge in [-0.1, -0.05) is 12.1 Å². The molecule has 3 amide bonds. The lowest BCUT2D eigenvalue weighted by atomic mass is 9.85. The highest BCUT2D eigenvalue weighted by atomic mass is 19.4. The summed E-state index contributed by atoms with van der Waals surface area (Å²) in [5.41, 5.74) is 1.94. The van der Waals surface area contributed by atoms with Crippen LogP contribution in [0.25, 0.3) is 21.9 Å². The summed E-state index contributed by atoms with van der Waals surface area (Å²) in [7, 11) is 1.45. The first-order chi connectivity index (χ1) is 27.9. The number of amides is 3. The maximum absolute atomic E-state index is 13.9. The molecule has 9 rings (SSSR count). The van der Waals surface area contributed by atoms with E-state index in [-0.39, 0.29) is 35.8 Å². The fourth-order valence-corrected chi connectivity index (χ4v) is 8.99. The Morgan fingerprint density at radius 1 is 0.914 bits per heavy atom. The Kier molecular flexibility index (Phi) is 9.73. The lowest BCUT2D eigenvalue weighted by molar-refractivity contribution is -0.141. The molecule has 5 heterocycles. The van der Waals surface area contributed by atoms with Gasteiger partial charge in [-0.25, -0.2) is 9.78 Å². The summed E-state index contributed by atoms with van der Waals surface area (Å²) in [6.07, 6.45) is 3.68. The van der Waals surface area contributed by atoms with E-state index in [4.69, 9.17) is 9.84 Å². The van der Waals surface area contributed by atoms with Crippen molar-refractivity contribution in [3.05, 3.63) is 76.6 Å². The zero-order valence-corrected chi connectivity index (χ0v) is 32.0. The highest BCUT2D eigenvalue weighted by Crippen LogP contribution is 2.41. The summed E-state index contributed by atoms with van der Waals surface area (Å²) in [5.74, 6) is -0.625. The number of anilines is 2. The standard InChI is InChI=1S/C41H44F3N9O5/c1-58-34-21-29-25(20-30(34)46-38(55)28-4-2-7-35(45-28)41(42,43)44)23-51(48-29)26-10-8-24(9-11-26)22-49-16-18-50(19-17-49)31-5-3-6-32-37(31)52(27-12-13-27)40(57)53(32)33-14-15-36(54)47-39(33)56/h2-7,20-21,23-24,26-27,33H,8-19,22H2,1H3,(H,46,55)(H,47,54,56)/t24-,26-,33?. The Labute approximate surface area is 330 Å². The van der Waals surface area contributed by atoms with Crippen LogP contribution in [-0.2, 0) is 15.8 Å². The number of rotatable bonds is 9. The highest BCUT2D eigenvalue weighted by molar-refractivity contribution is 6.05. The van der Waals surface area contributed by atoms with E-state index in [0.717, 1.165) is 105 Å². The number of halogens is 3. The number of fused-ring (bicyclic) bond motifs is 2. The first-order valence-electron chi connectivity index (χ1n) is 19.9. The Morgan fingerprint density at radius 3 is 2.36 bits per heavy atom. The van der Waals surface area contributed by atoms with Gasteiger partial charge in [-0.3, -0.25) is 38.4 Å². The number of methoxy groups -OCH3 is 1. The Bertz CT molecular complexity index is 2470. The molecule has 5 aromatic rings. The van der Waals surface area contributed by atoms with Crippen molar-refractivity contribution in [1.29, 1.82) is 0 Å². The van der Waals surface area contributed by atoms with Crippen LogP contribution >= 0.6 is 0 Å². The van der Waals surface area contributed by atoms with Crippen molar-refractivity contribution in [3.8, 4) is 5.75 Å². The molecule has 58 heavy (non-hydrogen) atoms. The summed E-state index contributed by atoms with van der Waals surface area (Å²) in [5, 5.41) is 10.7. The monoisotopic (exact) mass is 799 g/mol. The minimum absolute atomic E-state index is 0.120. The Morgan fingerprint density at radius 2 is 1.66 bits per heavy atom. The molecule has 2 saturated heterocycles. The van der Waals surface area contributed by atoms with Crippen molar-refractivity contribution in [2.24, 2.45) is 5.92 Å². The minimum atomic E-state index is -4.67. The molecule has 2 saturated carbocycles. The van der Waals surface area contributed by atoms with Crippen LogP contribution in [0.3, 0.4) is 0 Å². The number of ether oxygens (including phenoxy) is 1. The molecule has 304 valence electrons. The lowest BCUT2D eigenvalue weighted by Crippen LogP contribution is -2.48. The van der Waals surface area contributed by atoms with Crippen LogP contribution in [0.4, 0.5) is 24.5 Å². The van der Waals surface area contributed by atoms with Crippen molar-refractivity contribution in [1.82, 2.24) is 34.1 Å². The number of carbonyl (C=O) groups is 3. The first kappa shape index (κ1) is 37.8. The second kappa shape index (κ2) is 14.9. The van der Waals surface area contributed by atoms with Crippen LogP contribution in [0.2, 0.25) is 0 Å². The maximum Gasteiger partial charge on any atom is 0.433 e. The quantitative estimate of drug-likeness (QED) is 0.180. The summed E-state index contributed by atoms with van der Waals surface area (Å²) in [6.45, 7) is 4.43. The third-order valence-electron chi connectivity index (χ3n) is 12.1. The summed E-state index contributed by atoms with van der Waals surface area (Å²) >= 11 is 0. The number of hydrogen-bond donors (Lipinski definition) is 2. The molecule has 2 aliphatic carbocycles. The molecule has 14 nitrogen and oxygen atoms in total. The number of aromatic nitrogens is 5. The molecule has 0 bridgehead atoms. The van der Waals surface area contributed by atoms with Gasteiger partial charge in [0.2, 0.25) is 11.8 Å². The smallest absolute Gasteiger partial charge is 0.433 e. The Hall–Kier alpha value is -5.71. The summed E-state index contributed by atoms with van der Waals surface area (Å²) < 4.78 is 50.5. The highest BCUT2D eigenvalue weighted by Gasteiger charge is 2.37. The van der Waals surface area contributed by atoms with E-state index in [0.29, 0.717) is 29.3 Å². The molecule has 1 unspecified atom stereocenters. The zero-order chi connectivity index (χ0) is 40.3. The van der Waals surface area contributed by atoms with Gasteiger partial charge in [-0.05, 0) is 81.2 Å². The Balaban J connectivity index is 0.826. The van der Waals surface area contributed by atoms with E-state index in [1.807, 2.05) is 27.6 Å². The van der Waals surface area contributed by atoms with E-state index >= 15 is 0 Å². The van der Waals surface area contributed by atoms with Gasteiger partial charge >= 0.3 is 11.9 Å². The van der Waals surface area contributed by atoms with Crippen molar-refractivity contribution in [2.45, 2.75) is 75.7 Å². The molecular weight excluding hydrogens is 756 g/mol. The average molecular weight is 800 g/mol. The van der Waals surface area contributed by atoms with E-state index in [1.54, 1.807) is 16.7 Å². The first-order valence-corrected chi connectivity index (χ1v) is 19.9. The maximum atomic E-state index is 13.9. The second-order valence-electron chi connectivity index (χ2n) is 15.9. The molecule has 17 heteroatoms. The minimum Gasteiger partial charge on any atom is -0.494 e. The van der Waals surface area contributed by atoms with Gasteiger partial charge in [0.25, 0.3) is 5.91 Å². The molecule has 2 aromatic carbocycles. The average Bonchev–Trinajstić information content (AvgIpc) is 3.89. The van der Waals surface area contributed by atoms with Crippen LogP contribution in [0, 0.1) is 5.92 Å². The van der Waals surface area contributed by atoms with Gasteiger partial charge in [0.05, 0.1) is 41.1 Å². The predicted molar refractivity (Wildman–Crippen MR) is 209 cm³/mol. The number of imidazole rings is 1. The summed E-state index contributed by atoms with van der Waals surface area (Å²) in [6, 6.07) is 12.2. The van der Waals surface area contributed by atoms with Crippen LogP contribution in [0.15, 0.2) is 59.5 Å². The number of hydrogen-bond acceptors (Lipinski definition) is 9. The van der Waals surface area contributed by atoms with Crippen LogP contribution in [0.5, 0.6) is 5.75 Å². The number of carbonyl (C=O) groups excluding carboxylic acids is 3. The molecule has 1 atom stereocenters. The van der Waals surface area contributed by atoms with Crippen molar-refractivity contribution >= 4 is 51.0 Å². The van der Waals surface area contributed by atoms with E-state index < -0.39 is 29.7 Å². The third-order valence-corrected chi connectivity index (χ3v) is 12.1. The van der Waals surface area contributed by atoms with E-state index in [1.165, 1.54) is 13.2 Å². The molecule has 0 radical (unpaired) electrons. The topological polar surface area (TPSA) is 149 Å². The SMILES string of the molecule is COc1cc2nn([C@H]3CC[C@H](CN4CCN(c5cccc6c5n(C5CC5)c(=O)n6C5CCC(=O)NC5=O)CC4)CC3)cc2cc1NC(=O)c1cccc(C(F)(F)F)n1. The van der Waals surface area contributed by atoms with E-state index in [2.05, 4.69) is 31.5 Å². The van der Waals surface area contributed by atoms with Gasteiger partial charge in [0, 0.05) is 62.8 Å². The van der Waals surface area contributed by atoms with Crippen molar-refractivity contribution in [2.75, 3.05) is 50.1 Å². The fraction of sp³-hybridized carbons (Fsp3) is 0.463. The molecule has 2 aliphatic heterocycles. The number of benzene rings is 2. The number of nitrogens with one attached hydrogen (secondary N) is 2. The van der Waals surface area contributed by atoms with Gasteiger partial charge < -0.3 is 15.0 Å². The van der Waals surface area contributed by atoms with Crippen LogP contribution in [-0.4, -0.2) is 86.4 Å². The van der Waals surface area contributed by atoms with Gasteiger partial charge in [0.15, 0.2) is 0 Å². The molecule has 4 fully saturated rings. The number of imide groups is 1. The van der Waals surface area contributed by atoms with Gasteiger partial charge in [0.1, 0.15) is 23.2 Å². The number of alkyl halides is 3. The molecule has 4 aliphatic rings. The molecule has 2 N–H and O–H groups in total.